The fourth-order valence-corrected chi connectivity index (χ4v) is 3.20. The summed E-state index contributed by atoms with van der Waals surface area (Å²) < 4.78 is 27.1. The zero-order valence-electron chi connectivity index (χ0n) is 11.3. The first kappa shape index (κ1) is 16.9. The summed E-state index contributed by atoms with van der Waals surface area (Å²) in [6, 6.07) is 0.338. The van der Waals surface area contributed by atoms with Gasteiger partial charge in [-0.3, -0.25) is 4.79 Å². The van der Waals surface area contributed by atoms with Gasteiger partial charge in [0, 0.05) is 16.7 Å². The zero-order valence-corrected chi connectivity index (χ0v) is 13.7. The number of nitrogens with one attached hydrogen (secondary N) is 2. The van der Waals surface area contributed by atoms with Gasteiger partial charge in [0.25, 0.3) is 0 Å². The molecular formula is C11H17BrN4O3S. The lowest BCUT2D eigenvalue weighted by molar-refractivity contribution is -0.122. The van der Waals surface area contributed by atoms with Crippen LogP contribution in [-0.4, -0.2) is 31.4 Å². The molecule has 1 amide bonds. The normalized spacial score (nSPS) is 13.2. The van der Waals surface area contributed by atoms with Gasteiger partial charge < -0.3 is 11.1 Å². The van der Waals surface area contributed by atoms with Crippen molar-refractivity contribution in [1.29, 1.82) is 0 Å². The third kappa shape index (κ3) is 4.43. The Labute approximate surface area is 126 Å². The molecule has 1 heterocycles. The largest absolute Gasteiger partial charge is 0.383 e. The summed E-state index contributed by atoms with van der Waals surface area (Å²) in [5.41, 5.74) is 5.56. The topological polar surface area (TPSA) is 114 Å². The highest BCUT2D eigenvalue weighted by Crippen LogP contribution is 2.20. The Balaban J connectivity index is 2.95. The summed E-state index contributed by atoms with van der Waals surface area (Å²) >= 11 is 3.13. The molecule has 112 valence electrons. The molecule has 1 rings (SSSR count). The van der Waals surface area contributed by atoms with Gasteiger partial charge in [-0.25, -0.2) is 13.4 Å². The van der Waals surface area contributed by atoms with Crippen molar-refractivity contribution < 1.29 is 13.2 Å². The van der Waals surface area contributed by atoms with Crippen molar-refractivity contribution in [1.82, 2.24) is 15.0 Å². The number of carbonyl (C=O) groups excluding carboxylic acids is 1. The number of anilines is 1. The molecule has 0 spiro atoms. The third-order valence-corrected chi connectivity index (χ3v) is 4.30. The molecule has 1 unspecified atom stereocenters. The van der Waals surface area contributed by atoms with Crippen LogP contribution in [0.15, 0.2) is 21.6 Å². The van der Waals surface area contributed by atoms with E-state index in [2.05, 4.69) is 31.0 Å². The highest BCUT2D eigenvalue weighted by molar-refractivity contribution is 9.10. The highest BCUT2D eigenvalue weighted by Gasteiger charge is 2.24. The van der Waals surface area contributed by atoms with E-state index in [9.17, 15) is 13.2 Å². The van der Waals surface area contributed by atoms with Gasteiger partial charge in [0.05, 0.1) is 6.04 Å². The summed E-state index contributed by atoms with van der Waals surface area (Å²) in [6.07, 6.45) is 1.39. The van der Waals surface area contributed by atoms with Crippen LogP contribution in [0.25, 0.3) is 0 Å². The molecule has 9 heteroatoms. The Morgan fingerprint density at radius 3 is 2.55 bits per heavy atom. The summed E-state index contributed by atoms with van der Waals surface area (Å²) in [4.78, 5) is 15.3. The Morgan fingerprint density at radius 1 is 1.40 bits per heavy atom. The van der Waals surface area contributed by atoms with E-state index in [0.717, 1.165) is 0 Å². The quantitative estimate of drug-likeness (QED) is 0.708. The van der Waals surface area contributed by atoms with Gasteiger partial charge in [0.2, 0.25) is 15.9 Å². The van der Waals surface area contributed by atoms with Crippen LogP contribution < -0.4 is 15.8 Å². The lowest BCUT2D eigenvalue weighted by Gasteiger charge is -2.16. The molecule has 0 saturated heterocycles. The number of amides is 1. The molecule has 0 aliphatic carbocycles. The van der Waals surface area contributed by atoms with E-state index in [1.54, 1.807) is 13.8 Å². The molecule has 0 radical (unpaired) electrons. The zero-order chi connectivity index (χ0) is 15.5. The van der Waals surface area contributed by atoms with Crippen LogP contribution in [0.3, 0.4) is 0 Å². The molecule has 1 atom stereocenters. The van der Waals surface area contributed by atoms with Crippen molar-refractivity contribution >= 4 is 37.7 Å². The van der Waals surface area contributed by atoms with Gasteiger partial charge in [-0.15, -0.1) is 0 Å². The Bertz CT molecular complexity index is 604. The molecule has 0 aliphatic heterocycles. The minimum Gasteiger partial charge on any atom is -0.383 e. The first-order valence-electron chi connectivity index (χ1n) is 5.87. The van der Waals surface area contributed by atoms with E-state index in [1.807, 2.05) is 0 Å². The highest BCUT2D eigenvalue weighted by atomic mass is 79.9. The number of hydrogen-bond donors (Lipinski definition) is 3. The van der Waals surface area contributed by atoms with Crippen LogP contribution in [0, 0.1) is 0 Å². The minimum atomic E-state index is -3.92. The number of carbonyl (C=O) groups is 1. The van der Waals surface area contributed by atoms with Crippen LogP contribution in [0.1, 0.15) is 20.8 Å². The van der Waals surface area contributed by atoms with Crippen LogP contribution in [0.5, 0.6) is 0 Å². The number of aromatic nitrogens is 1. The Kier molecular flexibility index (Phi) is 5.49. The summed E-state index contributed by atoms with van der Waals surface area (Å²) in [5.74, 6) is -0.540. The van der Waals surface area contributed by atoms with Gasteiger partial charge in [-0.2, -0.15) is 4.72 Å². The number of rotatable bonds is 5. The lowest BCUT2D eigenvalue weighted by atomic mass is 10.3. The van der Waals surface area contributed by atoms with Crippen LogP contribution in [-0.2, 0) is 14.8 Å². The Morgan fingerprint density at radius 2 is 2.00 bits per heavy atom. The number of nitrogens with two attached hydrogens (primary N) is 1. The van der Waals surface area contributed by atoms with Crippen molar-refractivity contribution in [2.24, 2.45) is 0 Å². The molecule has 4 N–H and O–H groups in total. The second kappa shape index (κ2) is 6.51. The fourth-order valence-electron chi connectivity index (χ4n) is 1.41. The molecule has 0 bridgehead atoms. The van der Waals surface area contributed by atoms with E-state index in [-0.39, 0.29) is 16.8 Å². The summed E-state index contributed by atoms with van der Waals surface area (Å²) in [5, 5.41) is 2.62. The molecule has 1 aromatic heterocycles. The lowest BCUT2D eigenvalue weighted by Crippen LogP contribution is -2.46. The van der Waals surface area contributed by atoms with Crippen molar-refractivity contribution in [2.45, 2.75) is 37.8 Å². The number of nitrogen functional groups attached to an aromatic ring is 1. The summed E-state index contributed by atoms with van der Waals surface area (Å²) in [6.45, 7) is 5.03. The predicted molar refractivity (Wildman–Crippen MR) is 79.4 cm³/mol. The molecule has 0 saturated carbocycles. The van der Waals surface area contributed by atoms with Crippen molar-refractivity contribution in [2.75, 3.05) is 5.73 Å². The van der Waals surface area contributed by atoms with Crippen LogP contribution in [0.4, 0.5) is 5.82 Å². The van der Waals surface area contributed by atoms with E-state index in [1.165, 1.54) is 19.2 Å². The average molecular weight is 365 g/mol. The smallest absolute Gasteiger partial charge is 0.244 e. The molecule has 0 aliphatic rings. The third-order valence-electron chi connectivity index (χ3n) is 2.29. The fraction of sp³-hybridized carbons (Fsp3) is 0.455. The van der Waals surface area contributed by atoms with Crippen LogP contribution >= 0.6 is 15.9 Å². The maximum Gasteiger partial charge on any atom is 0.244 e. The van der Waals surface area contributed by atoms with E-state index < -0.39 is 22.0 Å². The van der Waals surface area contributed by atoms with Gasteiger partial charge in [-0.1, -0.05) is 0 Å². The molecule has 20 heavy (non-hydrogen) atoms. The first-order valence-corrected chi connectivity index (χ1v) is 8.15. The van der Waals surface area contributed by atoms with Gasteiger partial charge in [-0.05, 0) is 42.8 Å². The van der Waals surface area contributed by atoms with Crippen molar-refractivity contribution in [3.63, 3.8) is 0 Å². The second-order valence-corrected chi connectivity index (χ2v) is 7.14. The van der Waals surface area contributed by atoms with Crippen LogP contribution in [0.2, 0.25) is 0 Å². The number of nitrogens with zero attached hydrogens (tertiary/aromatic N) is 1. The van der Waals surface area contributed by atoms with Crippen molar-refractivity contribution in [3.8, 4) is 0 Å². The first-order chi connectivity index (χ1) is 9.13. The standard InChI is InChI=1S/C11H17BrN4O3S/c1-6(2)15-11(17)7(3)16-20(18,19)9-4-8(12)5-14-10(9)13/h4-7,16H,1-3H3,(H2,13,14)(H,15,17). The van der Waals surface area contributed by atoms with Gasteiger partial charge in [0.15, 0.2) is 0 Å². The minimum absolute atomic E-state index is 0.0768. The maximum absolute atomic E-state index is 12.2. The van der Waals surface area contributed by atoms with E-state index in [4.69, 9.17) is 5.73 Å². The maximum atomic E-state index is 12.2. The second-order valence-electron chi connectivity index (χ2n) is 4.54. The van der Waals surface area contributed by atoms with E-state index in [0.29, 0.717) is 4.47 Å². The number of pyridine rings is 1. The molecule has 0 aromatic carbocycles. The molecule has 0 fully saturated rings. The van der Waals surface area contributed by atoms with Gasteiger partial charge >= 0.3 is 0 Å². The molecule has 7 nitrogen and oxygen atoms in total. The summed E-state index contributed by atoms with van der Waals surface area (Å²) in [7, 11) is -3.92. The number of halogens is 1. The number of sulfonamides is 1. The Hall–Kier alpha value is -1.19. The molecular weight excluding hydrogens is 348 g/mol. The number of hydrogen-bond acceptors (Lipinski definition) is 5. The predicted octanol–water partition coefficient (Wildman–Crippen LogP) is 0.618. The van der Waals surface area contributed by atoms with Crippen molar-refractivity contribution in [3.05, 3.63) is 16.7 Å². The monoisotopic (exact) mass is 364 g/mol. The van der Waals surface area contributed by atoms with Gasteiger partial charge in [0.1, 0.15) is 10.7 Å². The average Bonchev–Trinajstić information content (AvgIpc) is 2.30. The van der Waals surface area contributed by atoms with E-state index >= 15 is 0 Å². The molecule has 1 aromatic rings. The SMILES string of the molecule is CC(C)NC(=O)C(C)NS(=O)(=O)c1cc(Br)cnc1N.